The molecule has 0 saturated carbocycles. The molecule has 3 heteroatoms. The van der Waals surface area contributed by atoms with Gasteiger partial charge in [-0.3, -0.25) is 0 Å². The van der Waals surface area contributed by atoms with E-state index in [-0.39, 0.29) is 12.1 Å². The average molecular weight is 548 g/mol. The number of fused-ring (bicyclic) bond motifs is 11. The Bertz CT molecular complexity index is 2490. The van der Waals surface area contributed by atoms with Gasteiger partial charge in [0, 0.05) is 38.4 Å². The molecule has 2 aromatic heterocycles. The molecule has 43 heavy (non-hydrogen) atoms. The Hall–Kier alpha value is -5.02. The molecule has 2 aliphatic heterocycles. The maximum absolute atomic E-state index is 2.59. The van der Waals surface area contributed by atoms with E-state index in [2.05, 4.69) is 151 Å². The predicted molar refractivity (Wildman–Crippen MR) is 184 cm³/mol. The van der Waals surface area contributed by atoms with Crippen LogP contribution in [0.4, 0.5) is 0 Å². The number of rotatable bonds is 1. The van der Waals surface area contributed by atoms with Crippen molar-refractivity contribution in [1.82, 2.24) is 9.13 Å². The molecule has 2 aliphatic rings. The van der Waals surface area contributed by atoms with E-state index in [0.717, 1.165) is 0 Å². The van der Waals surface area contributed by atoms with Crippen LogP contribution in [0.3, 0.4) is 0 Å². The molecule has 0 radical (unpaired) electrons. The average Bonchev–Trinajstić information content (AvgIpc) is 3.56. The van der Waals surface area contributed by atoms with Gasteiger partial charge in [0.05, 0.1) is 16.6 Å². The lowest BCUT2D eigenvalue weighted by atomic mass is 9.34. The maximum atomic E-state index is 2.59. The van der Waals surface area contributed by atoms with Crippen molar-refractivity contribution in [3.63, 3.8) is 0 Å². The Balaban J connectivity index is 1.48. The fourth-order valence-corrected chi connectivity index (χ4v) is 8.29. The molecule has 2 nitrogen and oxygen atoms in total. The van der Waals surface area contributed by atoms with E-state index in [1.54, 1.807) is 0 Å². The zero-order valence-corrected chi connectivity index (χ0v) is 24.5. The van der Waals surface area contributed by atoms with Crippen LogP contribution in [0.5, 0.6) is 0 Å². The van der Waals surface area contributed by atoms with Crippen LogP contribution in [0.2, 0.25) is 0 Å². The molecular weight excluding hydrogens is 519 g/mol. The molecule has 0 atom stereocenters. The van der Waals surface area contributed by atoms with Gasteiger partial charge in [0.25, 0.3) is 6.71 Å². The van der Waals surface area contributed by atoms with Crippen molar-refractivity contribution in [3.05, 3.63) is 127 Å². The fraction of sp³-hybridized carbons (Fsp3) is 0.100. The van der Waals surface area contributed by atoms with Gasteiger partial charge in [0.1, 0.15) is 0 Å². The summed E-state index contributed by atoms with van der Waals surface area (Å²) in [6.45, 7) is 7.25. The molecule has 0 saturated heterocycles. The molecule has 6 aromatic carbocycles. The number of aromatic nitrogens is 2. The topological polar surface area (TPSA) is 9.86 Å². The molecule has 0 aliphatic carbocycles. The molecule has 0 fully saturated rings. The Kier molecular flexibility index (Phi) is 4.31. The minimum atomic E-state index is -0.0370. The highest BCUT2D eigenvalue weighted by Gasteiger charge is 2.42. The minimum Gasteiger partial charge on any atom is -0.310 e. The van der Waals surface area contributed by atoms with Gasteiger partial charge in [-0.1, -0.05) is 118 Å². The lowest BCUT2D eigenvalue weighted by Gasteiger charge is -2.35. The molecule has 0 unspecified atom stereocenters. The van der Waals surface area contributed by atoms with Gasteiger partial charge >= 0.3 is 0 Å². The van der Waals surface area contributed by atoms with Gasteiger partial charge in [-0.2, -0.15) is 0 Å². The van der Waals surface area contributed by atoms with Gasteiger partial charge in [0.15, 0.2) is 0 Å². The van der Waals surface area contributed by atoms with Crippen LogP contribution in [-0.4, -0.2) is 15.8 Å². The van der Waals surface area contributed by atoms with E-state index >= 15 is 0 Å². The molecule has 8 aromatic rings. The molecule has 0 spiro atoms. The lowest BCUT2D eigenvalue weighted by molar-refractivity contribution is 0.596. The first-order valence-corrected chi connectivity index (χ1v) is 15.3. The first kappa shape index (κ1) is 23.5. The van der Waals surface area contributed by atoms with Gasteiger partial charge in [-0.05, 0) is 62.8 Å². The third kappa shape index (κ3) is 2.85. The number of nitrogens with zero attached hydrogens (tertiary/aromatic N) is 2. The summed E-state index contributed by atoms with van der Waals surface area (Å²) in [5.41, 5.74) is 16.0. The second kappa shape index (κ2) is 7.87. The summed E-state index contributed by atoms with van der Waals surface area (Å²) in [6, 6.07) is 45.5. The zero-order valence-electron chi connectivity index (χ0n) is 24.5. The minimum absolute atomic E-state index is 0.0370. The highest BCUT2D eigenvalue weighted by Crippen LogP contribution is 2.44. The Morgan fingerprint density at radius 3 is 1.98 bits per heavy atom. The van der Waals surface area contributed by atoms with Crippen LogP contribution in [0.15, 0.2) is 121 Å². The van der Waals surface area contributed by atoms with Crippen LogP contribution in [-0.2, 0) is 5.41 Å². The SMILES string of the molecule is CC(C)(C)c1cc2c3c4c1c1ccccc1n4-c1cc(-c4ccccc4)ccc1B3c1cccc3c4ccccc4n-2c13. The lowest BCUT2D eigenvalue weighted by Crippen LogP contribution is -2.59. The van der Waals surface area contributed by atoms with Crippen molar-refractivity contribution in [3.8, 4) is 22.5 Å². The third-order valence-corrected chi connectivity index (χ3v) is 10.0. The van der Waals surface area contributed by atoms with Gasteiger partial charge in [-0.25, -0.2) is 0 Å². The largest absolute Gasteiger partial charge is 0.310 e. The van der Waals surface area contributed by atoms with E-state index in [1.165, 1.54) is 88.1 Å². The second-order valence-corrected chi connectivity index (χ2v) is 13.4. The molecule has 0 amide bonds. The Labute approximate surface area is 250 Å². The fourth-order valence-electron chi connectivity index (χ4n) is 8.29. The van der Waals surface area contributed by atoms with Crippen molar-refractivity contribution in [2.24, 2.45) is 0 Å². The number of hydrogen-bond acceptors (Lipinski definition) is 0. The van der Waals surface area contributed by atoms with Crippen LogP contribution in [0.1, 0.15) is 26.3 Å². The first-order valence-electron chi connectivity index (χ1n) is 15.3. The van der Waals surface area contributed by atoms with Crippen LogP contribution in [0.25, 0.3) is 66.1 Å². The summed E-state index contributed by atoms with van der Waals surface area (Å²) >= 11 is 0. The van der Waals surface area contributed by atoms with E-state index in [1.807, 2.05) is 0 Å². The number of hydrogen-bond donors (Lipinski definition) is 0. The van der Waals surface area contributed by atoms with Gasteiger partial charge < -0.3 is 9.13 Å². The summed E-state index contributed by atoms with van der Waals surface area (Å²) < 4.78 is 5.17. The number of benzene rings is 6. The monoisotopic (exact) mass is 548 g/mol. The predicted octanol–water partition coefficient (Wildman–Crippen LogP) is 7.99. The summed E-state index contributed by atoms with van der Waals surface area (Å²) in [6.07, 6.45) is 0. The van der Waals surface area contributed by atoms with E-state index in [4.69, 9.17) is 0 Å². The van der Waals surface area contributed by atoms with Crippen molar-refractivity contribution >= 4 is 66.7 Å². The normalized spacial score (nSPS) is 13.4. The van der Waals surface area contributed by atoms with E-state index in [0.29, 0.717) is 0 Å². The molecule has 0 bridgehead atoms. The van der Waals surface area contributed by atoms with Gasteiger partial charge in [-0.15, -0.1) is 0 Å². The third-order valence-electron chi connectivity index (χ3n) is 10.0. The standard InChI is InChI=1S/C40H29BN2/c1-40(2,3)29-23-35-37-39-36(29)28-15-8-10-19-33(28)42(39)34-22-25(24-12-5-4-6-13-24)20-21-30(34)41(37)31-17-11-16-27-26-14-7-9-18-32(26)43(35)38(27)31/h4-23H,1-3H3. The summed E-state index contributed by atoms with van der Waals surface area (Å²) in [7, 11) is 0. The Morgan fingerprint density at radius 1 is 0.512 bits per heavy atom. The number of para-hydroxylation sites is 3. The highest BCUT2D eigenvalue weighted by atomic mass is 15.0. The van der Waals surface area contributed by atoms with Crippen molar-refractivity contribution in [1.29, 1.82) is 0 Å². The van der Waals surface area contributed by atoms with Crippen molar-refractivity contribution in [2.45, 2.75) is 26.2 Å². The zero-order chi connectivity index (χ0) is 28.6. The summed E-state index contributed by atoms with van der Waals surface area (Å²) in [4.78, 5) is 0. The highest BCUT2D eigenvalue weighted by molar-refractivity contribution is 7.00. The molecule has 202 valence electrons. The first-order chi connectivity index (χ1) is 21.0. The maximum Gasteiger partial charge on any atom is 0.252 e. The van der Waals surface area contributed by atoms with E-state index < -0.39 is 0 Å². The molecule has 0 N–H and O–H groups in total. The van der Waals surface area contributed by atoms with Gasteiger partial charge in [0.2, 0.25) is 0 Å². The summed E-state index contributed by atoms with van der Waals surface area (Å²) in [5, 5.41) is 5.39. The molecular formula is C40H29BN2. The van der Waals surface area contributed by atoms with Crippen LogP contribution < -0.4 is 16.4 Å². The van der Waals surface area contributed by atoms with Crippen molar-refractivity contribution in [2.75, 3.05) is 0 Å². The van der Waals surface area contributed by atoms with Crippen LogP contribution in [0, 0.1) is 0 Å². The smallest absolute Gasteiger partial charge is 0.252 e. The van der Waals surface area contributed by atoms with E-state index in [9.17, 15) is 0 Å². The van der Waals surface area contributed by atoms with Crippen LogP contribution >= 0.6 is 0 Å². The quantitative estimate of drug-likeness (QED) is 0.184. The Morgan fingerprint density at radius 2 is 1.19 bits per heavy atom. The summed E-state index contributed by atoms with van der Waals surface area (Å²) in [5.74, 6) is 0. The van der Waals surface area contributed by atoms with Crippen molar-refractivity contribution < 1.29 is 0 Å². The second-order valence-electron chi connectivity index (χ2n) is 13.4. The molecule has 4 heterocycles. The molecule has 10 rings (SSSR count).